The van der Waals surface area contributed by atoms with Gasteiger partial charge in [0, 0.05) is 36.9 Å². The third-order valence-electron chi connectivity index (χ3n) is 6.12. The van der Waals surface area contributed by atoms with Crippen LogP contribution in [0.25, 0.3) is 0 Å². The van der Waals surface area contributed by atoms with Gasteiger partial charge in [-0.2, -0.15) is 4.57 Å². The number of carbonyl (C=O) groups excluding carboxylic acids is 2. The molecule has 0 bridgehead atoms. The summed E-state index contributed by atoms with van der Waals surface area (Å²) in [5.41, 5.74) is 0.435. The number of nitrogens with one attached hydrogen (secondary N) is 1. The zero-order valence-electron chi connectivity index (χ0n) is 20.7. The fourth-order valence-electron chi connectivity index (χ4n) is 4.38. The summed E-state index contributed by atoms with van der Waals surface area (Å²) >= 11 is 11.1. The number of carboxylic acids is 1. The molecule has 2 aromatic rings. The Balaban J connectivity index is 0.00000222. The van der Waals surface area contributed by atoms with E-state index in [1.165, 1.54) is 6.38 Å². The van der Waals surface area contributed by atoms with E-state index in [1.807, 2.05) is 36.2 Å². The highest BCUT2D eigenvalue weighted by Gasteiger charge is 2.46. The molecule has 1 aromatic heterocycles. The van der Waals surface area contributed by atoms with Crippen molar-refractivity contribution in [2.45, 2.75) is 50.8 Å². The Morgan fingerprint density at radius 1 is 1.19 bits per heavy atom. The first-order valence-corrected chi connectivity index (χ1v) is 12.9. The van der Waals surface area contributed by atoms with Gasteiger partial charge in [0.05, 0.1) is 0 Å². The first-order chi connectivity index (χ1) is 17.3. The number of halogens is 2. The lowest BCUT2D eigenvalue weighted by Crippen LogP contribution is -2.53. The summed E-state index contributed by atoms with van der Waals surface area (Å²) in [7, 11) is 1.87. The normalized spacial score (nSPS) is 17.3. The van der Waals surface area contributed by atoms with Crippen molar-refractivity contribution in [1.82, 2.24) is 10.2 Å². The molecule has 196 valence electrons. The first-order valence-electron chi connectivity index (χ1n) is 11.8. The van der Waals surface area contributed by atoms with Crippen molar-refractivity contribution in [3.05, 3.63) is 64.9 Å². The predicted molar refractivity (Wildman–Crippen MR) is 138 cm³/mol. The van der Waals surface area contributed by atoms with Gasteiger partial charge in [0.15, 0.2) is 18.2 Å². The van der Waals surface area contributed by atoms with Crippen LogP contribution in [-0.2, 0) is 26.6 Å². The lowest BCUT2D eigenvalue weighted by molar-refractivity contribution is -0.733. The number of aromatic nitrogens is 1. The molecule has 1 saturated carbocycles. The van der Waals surface area contributed by atoms with E-state index in [0.717, 1.165) is 18.4 Å². The predicted octanol–water partition coefficient (Wildman–Crippen LogP) is 3.98. The average molecular weight is 539 g/mol. The number of hydrogen-bond acceptors (Lipinski definition) is 5. The quantitative estimate of drug-likeness (QED) is 0.194. The smallest absolute Gasteiger partial charge is 0.303 e. The minimum atomic E-state index is -0.889. The van der Waals surface area contributed by atoms with Crippen LogP contribution in [0.5, 0.6) is 0 Å². The number of nitrogens with zero attached hydrogens (tertiary/aromatic N) is 2. The molecule has 1 aromatic carbocycles. The first kappa shape index (κ1) is 29.7. The number of Topliss-reactive ketones (excluding diaryl/α,β-unsaturated/α-hetero) is 1. The van der Waals surface area contributed by atoms with E-state index in [0.29, 0.717) is 36.4 Å². The fourth-order valence-corrected chi connectivity index (χ4v) is 4.67. The van der Waals surface area contributed by atoms with Gasteiger partial charge >= 0.3 is 5.97 Å². The maximum absolute atomic E-state index is 13.2. The minimum Gasteiger partial charge on any atom is -0.481 e. The number of amides is 1. The van der Waals surface area contributed by atoms with Crippen molar-refractivity contribution in [1.29, 1.82) is 0 Å². The summed E-state index contributed by atoms with van der Waals surface area (Å²) in [4.78, 5) is 38.0. The van der Waals surface area contributed by atoms with E-state index < -0.39 is 11.5 Å². The number of pyridine rings is 1. The maximum atomic E-state index is 13.2. The number of rotatable bonds is 11. The highest BCUT2D eigenvalue weighted by atomic mass is 35.5. The number of carboxylic acid groups (broad SMARTS) is 1. The summed E-state index contributed by atoms with van der Waals surface area (Å²) in [6.45, 7) is 0.687. The molecule has 10 heteroatoms. The van der Waals surface area contributed by atoms with Gasteiger partial charge in [0.2, 0.25) is 0 Å². The number of hydrogen-bond donors (Lipinski definition) is 2. The number of benzene rings is 1. The molecular formula is C26H34Cl2N3O5+. The van der Waals surface area contributed by atoms with E-state index in [1.54, 1.807) is 29.1 Å². The van der Waals surface area contributed by atoms with Crippen LogP contribution in [0.3, 0.4) is 0 Å². The molecule has 0 saturated heterocycles. The largest absolute Gasteiger partial charge is 0.481 e. The van der Waals surface area contributed by atoms with Crippen LogP contribution in [0.4, 0.5) is 0 Å². The summed E-state index contributed by atoms with van der Waals surface area (Å²) in [6, 6.07) is 10.9. The molecule has 1 unspecified atom stereocenters. The van der Waals surface area contributed by atoms with E-state index >= 15 is 0 Å². The van der Waals surface area contributed by atoms with Crippen LogP contribution in [0.2, 0.25) is 5.02 Å². The molecule has 1 aliphatic rings. The molecule has 1 aliphatic carbocycles. The molecule has 1 fully saturated rings. The highest BCUT2D eigenvalue weighted by Crippen LogP contribution is 2.42. The second-order valence-corrected chi connectivity index (χ2v) is 8.90. The van der Waals surface area contributed by atoms with E-state index in [4.69, 9.17) is 21.4 Å². The second-order valence-electron chi connectivity index (χ2n) is 8.49. The van der Waals surface area contributed by atoms with Crippen molar-refractivity contribution >= 4 is 40.9 Å². The topological polar surface area (TPSA) is 99.8 Å². The lowest BCUT2D eigenvalue weighted by Gasteiger charge is -2.43. The molecule has 0 aliphatic heterocycles. The Labute approximate surface area is 222 Å². The Bertz CT molecular complexity index is 1040. The number of alkyl halides is 1. The SMILES string of the molecule is CCl.CN(COC[n+]1cccc(C(=O)NCCCC(=O)O)c1)C1(c2ccccc2Cl)CCCCC1=O. The highest BCUT2D eigenvalue weighted by molar-refractivity contribution is 6.31. The molecule has 0 spiro atoms. The fraction of sp³-hybridized carbons (Fsp3) is 0.462. The van der Waals surface area contributed by atoms with Gasteiger partial charge in [-0.25, -0.2) is 0 Å². The molecular weight excluding hydrogens is 505 g/mol. The van der Waals surface area contributed by atoms with Crippen molar-refractivity contribution in [2.24, 2.45) is 0 Å². The zero-order chi connectivity index (χ0) is 26.6. The Morgan fingerprint density at radius 2 is 1.94 bits per heavy atom. The average Bonchev–Trinajstić information content (AvgIpc) is 2.88. The Morgan fingerprint density at radius 3 is 2.64 bits per heavy atom. The van der Waals surface area contributed by atoms with Gasteiger partial charge < -0.3 is 15.2 Å². The van der Waals surface area contributed by atoms with Crippen molar-refractivity contribution in [3.63, 3.8) is 0 Å². The molecule has 3 rings (SSSR count). The molecule has 1 amide bonds. The Hall–Kier alpha value is -2.52. The van der Waals surface area contributed by atoms with Crippen LogP contribution < -0.4 is 9.88 Å². The number of aliphatic carboxylic acids is 1. The second kappa shape index (κ2) is 14.9. The van der Waals surface area contributed by atoms with Gasteiger partial charge in [-0.3, -0.25) is 19.3 Å². The van der Waals surface area contributed by atoms with Crippen molar-refractivity contribution < 1.29 is 28.8 Å². The molecule has 2 N–H and O–H groups in total. The van der Waals surface area contributed by atoms with Crippen LogP contribution in [0.1, 0.15) is 54.4 Å². The summed E-state index contributed by atoms with van der Waals surface area (Å²) in [5.74, 6) is -1.02. The van der Waals surface area contributed by atoms with Crippen LogP contribution in [0.15, 0.2) is 48.8 Å². The number of ether oxygens (including phenoxy) is 1. The summed E-state index contributed by atoms with van der Waals surface area (Å²) in [5, 5.41) is 12.0. The molecule has 1 atom stereocenters. The molecule has 1 heterocycles. The number of ketones is 1. The standard InChI is InChI=1S/C25H30ClN3O5.CH3Cl/c1-28(25(13-5-4-11-22(25)30)20-9-2-3-10-21(20)26)17-34-18-29-15-7-8-19(16-29)24(33)27-14-6-12-23(31)32;1-2/h2-3,7-10,15-16H,4-6,11-14,17-18H2,1H3,(H-,27,31,32,33);1H3/p+1. The van der Waals surface area contributed by atoms with Gasteiger partial charge in [0.25, 0.3) is 12.6 Å². The monoisotopic (exact) mass is 538 g/mol. The zero-order valence-corrected chi connectivity index (χ0v) is 22.2. The van der Waals surface area contributed by atoms with Gasteiger partial charge in [-0.1, -0.05) is 36.2 Å². The lowest BCUT2D eigenvalue weighted by atomic mass is 9.74. The minimum absolute atomic E-state index is 0.00855. The summed E-state index contributed by atoms with van der Waals surface area (Å²) < 4.78 is 7.67. The third kappa shape index (κ3) is 7.74. The third-order valence-corrected chi connectivity index (χ3v) is 6.45. The van der Waals surface area contributed by atoms with Crippen molar-refractivity contribution in [3.8, 4) is 0 Å². The Kier molecular flexibility index (Phi) is 12.3. The molecule has 0 radical (unpaired) electrons. The van der Waals surface area contributed by atoms with Gasteiger partial charge in [-0.15, -0.1) is 11.6 Å². The van der Waals surface area contributed by atoms with Gasteiger partial charge in [0.1, 0.15) is 17.8 Å². The number of likely N-dealkylation sites (N-methyl/N-ethyl adjacent to an activating group) is 1. The molecule has 36 heavy (non-hydrogen) atoms. The van der Waals surface area contributed by atoms with Crippen LogP contribution in [0, 0.1) is 0 Å². The van der Waals surface area contributed by atoms with Gasteiger partial charge in [-0.05, 0) is 44.0 Å². The van der Waals surface area contributed by atoms with Crippen LogP contribution >= 0.6 is 23.2 Å². The van der Waals surface area contributed by atoms with E-state index in [9.17, 15) is 14.4 Å². The van der Waals surface area contributed by atoms with E-state index in [2.05, 4.69) is 16.9 Å². The molecule has 8 nitrogen and oxygen atoms in total. The van der Waals surface area contributed by atoms with Crippen molar-refractivity contribution in [2.75, 3.05) is 26.7 Å². The van der Waals surface area contributed by atoms with E-state index in [-0.39, 0.29) is 31.6 Å². The maximum Gasteiger partial charge on any atom is 0.303 e. The summed E-state index contributed by atoms with van der Waals surface area (Å²) in [6.07, 6.45) is 8.30. The van der Waals surface area contributed by atoms with Crippen LogP contribution in [-0.4, -0.2) is 54.4 Å². The number of carbonyl (C=O) groups is 3.